The largest absolute Gasteiger partial charge is 0.305 e. The van der Waals surface area contributed by atoms with E-state index in [1.54, 1.807) is 6.21 Å². The summed E-state index contributed by atoms with van der Waals surface area (Å²) in [4.78, 5) is 0. The van der Waals surface area contributed by atoms with Crippen molar-refractivity contribution < 1.29 is 0 Å². The molecule has 0 atom stereocenters. The molecule has 0 unspecified atom stereocenters. The lowest BCUT2D eigenvalue weighted by molar-refractivity contribution is 0.442. The fourth-order valence-corrected chi connectivity index (χ4v) is 0.258. The Morgan fingerprint density at radius 1 is 1.38 bits per heavy atom. The van der Waals surface area contributed by atoms with Gasteiger partial charge in [-0.15, -0.1) is 0 Å². The van der Waals surface area contributed by atoms with E-state index in [4.69, 9.17) is 0 Å². The second kappa shape index (κ2) is 2.70. The fourth-order valence-electron chi connectivity index (χ4n) is 0.258. The predicted octanol–water partition coefficient (Wildman–Crippen LogP) is 1.38. The Bertz CT molecular complexity index is 79.0. The van der Waals surface area contributed by atoms with Gasteiger partial charge in [-0.3, -0.25) is 0 Å². The lowest BCUT2D eigenvalue weighted by Gasteiger charge is -2.16. The quantitative estimate of drug-likeness (QED) is 0.404. The van der Waals surface area contributed by atoms with Crippen LogP contribution in [0.3, 0.4) is 0 Å². The molecule has 0 aliphatic heterocycles. The van der Waals surface area contributed by atoms with E-state index < -0.39 is 0 Å². The third-order valence-electron chi connectivity index (χ3n) is 0.529. The van der Waals surface area contributed by atoms with Crippen molar-refractivity contribution in [2.45, 2.75) is 33.2 Å². The highest BCUT2D eigenvalue weighted by Crippen LogP contribution is 1.96. The zero-order chi connectivity index (χ0) is 6.62. The van der Waals surface area contributed by atoms with Gasteiger partial charge in [0.15, 0.2) is 0 Å². The molecular weight excluding hydrogens is 100 g/mol. The summed E-state index contributed by atoms with van der Waals surface area (Å²) in [6, 6.07) is 0. The van der Waals surface area contributed by atoms with E-state index in [0.29, 0.717) is 0 Å². The topological polar surface area (TPSA) is 24.4 Å². The monoisotopic (exact) mass is 114 g/mol. The number of hydrogen-bond donors (Lipinski definition) is 1. The summed E-state index contributed by atoms with van der Waals surface area (Å²) < 4.78 is 0. The number of hydrogen-bond acceptors (Lipinski definition) is 2. The van der Waals surface area contributed by atoms with Gasteiger partial charge in [-0.25, -0.2) is 0 Å². The minimum Gasteiger partial charge on any atom is -0.305 e. The number of nitrogens with one attached hydrogen (secondary N) is 1. The van der Waals surface area contributed by atoms with Gasteiger partial charge in [0.05, 0.1) is 0 Å². The van der Waals surface area contributed by atoms with Gasteiger partial charge >= 0.3 is 0 Å². The van der Waals surface area contributed by atoms with Gasteiger partial charge in [0.25, 0.3) is 0 Å². The number of hydrazone groups is 1. The average Bonchev–Trinajstić information content (AvgIpc) is 1.59. The smallest absolute Gasteiger partial charge is 0.0464 e. The molecule has 0 aliphatic carbocycles. The Balaban J connectivity index is 3.39. The first kappa shape index (κ1) is 7.47. The second-order valence-corrected chi connectivity index (χ2v) is 2.75. The summed E-state index contributed by atoms with van der Waals surface area (Å²) >= 11 is 0. The molecule has 1 N–H and O–H groups in total. The van der Waals surface area contributed by atoms with E-state index in [1.165, 1.54) is 0 Å². The third-order valence-corrected chi connectivity index (χ3v) is 0.529. The van der Waals surface area contributed by atoms with Gasteiger partial charge < -0.3 is 5.43 Å². The molecule has 0 radical (unpaired) electrons. The molecule has 0 amide bonds. The molecule has 0 saturated carbocycles. The third kappa shape index (κ3) is 5.47. The van der Waals surface area contributed by atoms with E-state index in [-0.39, 0.29) is 5.54 Å². The molecule has 8 heavy (non-hydrogen) atoms. The van der Waals surface area contributed by atoms with Crippen LogP contribution in [0, 0.1) is 0 Å². The van der Waals surface area contributed by atoms with Crippen molar-refractivity contribution in [3.63, 3.8) is 0 Å². The van der Waals surface area contributed by atoms with Crippen LogP contribution in [-0.4, -0.2) is 11.8 Å². The van der Waals surface area contributed by atoms with Crippen molar-refractivity contribution in [2.75, 3.05) is 0 Å². The molecule has 0 aromatic heterocycles. The zero-order valence-corrected chi connectivity index (χ0v) is 6.02. The summed E-state index contributed by atoms with van der Waals surface area (Å²) in [6.45, 7) is 8.10. The van der Waals surface area contributed by atoms with Gasteiger partial charge in [0, 0.05) is 11.8 Å². The van der Waals surface area contributed by atoms with E-state index in [0.717, 1.165) is 0 Å². The van der Waals surface area contributed by atoms with Crippen LogP contribution < -0.4 is 5.43 Å². The molecule has 0 aromatic rings. The lowest BCUT2D eigenvalue weighted by atomic mass is 10.1. The Labute approximate surface area is 51.0 Å². The maximum absolute atomic E-state index is 3.87. The Morgan fingerprint density at radius 3 is 2.00 bits per heavy atom. The predicted molar refractivity (Wildman–Crippen MR) is 37.1 cm³/mol. The molecule has 2 nitrogen and oxygen atoms in total. The van der Waals surface area contributed by atoms with Gasteiger partial charge in [-0.2, -0.15) is 5.10 Å². The summed E-state index contributed by atoms with van der Waals surface area (Å²) in [5, 5.41) is 3.87. The number of nitrogens with zero attached hydrogens (tertiary/aromatic N) is 1. The molecule has 48 valence electrons. The van der Waals surface area contributed by atoms with E-state index in [9.17, 15) is 0 Å². The van der Waals surface area contributed by atoms with Gasteiger partial charge in [-0.05, 0) is 27.7 Å². The fraction of sp³-hybridized carbons (Fsp3) is 0.833. The first-order valence-corrected chi connectivity index (χ1v) is 2.81. The molecule has 0 heterocycles. The molecule has 0 spiro atoms. The van der Waals surface area contributed by atoms with Crippen LogP contribution in [0.1, 0.15) is 27.7 Å². The van der Waals surface area contributed by atoms with Crippen molar-refractivity contribution in [2.24, 2.45) is 5.10 Å². The summed E-state index contributed by atoms with van der Waals surface area (Å²) in [5.41, 5.74) is 3.04. The zero-order valence-electron chi connectivity index (χ0n) is 6.02. The normalized spacial score (nSPS) is 12.5. The van der Waals surface area contributed by atoms with Crippen molar-refractivity contribution in [1.82, 2.24) is 5.43 Å². The molecule has 0 fully saturated rings. The first-order valence-electron chi connectivity index (χ1n) is 2.81. The summed E-state index contributed by atoms with van der Waals surface area (Å²) in [7, 11) is 0. The van der Waals surface area contributed by atoms with E-state index in [1.807, 2.05) is 6.92 Å². The molecule has 0 aromatic carbocycles. The van der Waals surface area contributed by atoms with Crippen LogP contribution in [-0.2, 0) is 0 Å². The van der Waals surface area contributed by atoms with Crippen LogP contribution in [0.4, 0.5) is 0 Å². The highest BCUT2D eigenvalue weighted by atomic mass is 15.3. The SMILES string of the molecule is CC=NNC(C)(C)C. The first-order chi connectivity index (χ1) is 3.56. The van der Waals surface area contributed by atoms with Crippen molar-refractivity contribution in [1.29, 1.82) is 0 Å². The summed E-state index contributed by atoms with van der Waals surface area (Å²) in [5.74, 6) is 0. The molecule has 0 aliphatic rings. The van der Waals surface area contributed by atoms with Crippen LogP contribution >= 0.6 is 0 Å². The van der Waals surface area contributed by atoms with Gasteiger partial charge in [0.1, 0.15) is 0 Å². The van der Waals surface area contributed by atoms with Crippen LogP contribution in [0.25, 0.3) is 0 Å². The van der Waals surface area contributed by atoms with Gasteiger partial charge in [0.2, 0.25) is 0 Å². The van der Waals surface area contributed by atoms with Crippen LogP contribution in [0.2, 0.25) is 0 Å². The maximum atomic E-state index is 3.87. The molecule has 0 saturated heterocycles. The highest BCUT2D eigenvalue weighted by molar-refractivity contribution is 5.52. The molecular formula is C6H14N2. The van der Waals surface area contributed by atoms with Crippen molar-refractivity contribution in [3.05, 3.63) is 0 Å². The van der Waals surface area contributed by atoms with E-state index >= 15 is 0 Å². The second-order valence-electron chi connectivity index (χ2n) is 2.75. The minimum absolute atomic E-state index is 0.104. The maximum Gasteiger partial charge on any atom is 0.0464 e. The van der Waals surface area contributed by atoms with Crippen molar-refractivity contribution in [3.8, 4) is 0 Å². The number of rotatable bonds is 1. The Morgan fingerprint density at radius 2 is 1.88 bits per heavy atom. The summed E-state index contributed by atoms with van der Waals surface area (Å²) in [6.07, 6.45) is 1.74. The molecule has 2 heteroatoms. The Hall–Kier alpha value is -0.530. The van der Waals surface area contributed by atoms with E-state index in [2.05, 4.69) is 31.3 Å². The standard InChI is InChI=1S/C6H14N2/c1-5-7-8-6(2,3)4/h5,8H,1-4H3. The molecule has 0 bridgehead atoms. The van der Waals surface area contributed by atoms with Crippen LogP contribution in [0.5, 0.6) is 0 Å². The van der Waals surface area contributed by atoms with Crippen molar-refractivity contribution >= 4 is 6.21 Å². The average molecular weight is 114 g/mol. The lowest BCUT2D eigenvalue weighted by Crippen LogP contribution is -2.31. The minimum atomic E-state index is 0.104. The Kier molecular flexibility index (Phi) is 2.52. The van der Waals surface area contributed by atoms with Crippen LogP contribution in [0.15, 0.2) is 5.10 Å². The molecule has 0 rings (SSSR count). The van der Waals surface area contributed by atoms with Gasteiger partial charge in [-0.1, -0.05) is 0 Å². The highest BCUT2D eigenvalue weighted by Gasteiger charge is 2.04.